The zero-order valence-electron chi connectivity index (χ0n) is 16.9. The Balaban J connectivity index is 1.30. The van der Waals surface area contributed by atoms with Crippen molar-refractivity contribution in [1.82, 2.24) is 20.0 Å². The number of ether oxygens (including phenoxy) is 1. The summed E-state index contributed by atoms with van der Waals surface area (Å²) < 4.78 is 5.74. The number of carbonyl (C=O) groups excluding carboxylic acids is 2. The van der Waals surface area contributed by atoms with E-state index in [1.807, 2.05) is 4.90 Å². The molecule has 1 saturated heterocycles. The molecule has 7 heteroatoms. The van der Waals surface area contributed by atoms with Crippen LogP contribution in [0.4, 0.5) is 0 Å². The summed E-state index contributed by atoms with van der Waals surface area (Å²) >= 11 is 0. The highest BCUT2D eigenvalue weighted by Gasteiger charge is 2.29. The number of Topliss-reactive ketones (excluding diaryl/α,β-unsaturated/α-hetero) is 1. The Kier molecular flexibility index (Phi) is 5.94. The molecule has 0 radical (unpaired) electrons. The number of nitrogens with zero attached hydrogens (tertiary/aromatic N) is 3. The quantitative estimate of drug-likeness (QED) is 0.760. The molecular formula is C22H28N4O3. The van der Waals surface area contributed by atoms with Crippen molar-refractivity contribution in [2.24, 2.45) is 0 Å². The molecule has 1 aliphatic heterocycles. The van der Waals surface area contributed by atoms with Crippen LogP contribution in [-0.2, 0) is 6.61 Å². The number of rotatable bonds is 6. The minimum absolute atomic E-state index is 0.00194. The number of carbonyl (C=O) groups is 2. The van der Waals surface area contributed by atoms with Gasteiger partial charge in [-0.2, -0.15) is 5.10 Å². The maximum absolute atomic E-state index is 12.8. The number of hydrogen-bond acceptors (Lipinski definition) is 5. The number of H-pyrrole nitrogens is 1. The van der Waals surface area contributed by atoms with Crippen LogP contribution in [0.25, 0.3) is 0 Å². The van der Waals surface area contributed by atoms with Crippen molar-refractivity contribution < 1.29 is 14.3 Å². The smallest absolute Gasteiger partial charge is 0.274 e. The Bertz CT molecular complexity index is 864. The van der Waals surface area contributed by atoms with Crippen LogP contribution in [-0.4, -0.2) is 63.9 Å². The van der Waals surface area contributed by atoms with E-state index >= 15 is 0 Å². The summed E-state index contributed by atoms with van der Waals surface area (Å²) in [5.74, 6) is 0.582. The minimum atomic E-state index is -0.0304. The van der Waals surface area contributed by atoms with Gasteiger partial charge in [0.2, 0.25) is 0 Å². The monoisotopic (exact) mass is 396 g/mol. The zero-order chi connectivity index (χ0) is 20.2. The van der Waals surface area contributed by atoms with Crippen LogP contribution >= 0.6 is 0 Å². The predicted molar refractivity (Wildman–Crippen MR) is 109 cm³/mol. The summed E-state index contributed by atoms with van der Waals surface area (Å²) in [6, 6.07) is 9.53. The van der Waals surface area contributed by atoms with E-state index in [0.29, 0.717) is 23.0 Å². The summed E-state index contributed by atoms with van der Waals surface area (Å²) in [7, 11) is 0. The molecule has 2 aliphatic rings. The summed E-state index contributed by atoms with van der Waals surface area (Å²) in [5.41, 5.74) is 1.77. The van der Waals surface area contributed by atoms with Gasteiger partial charge in [-0.15, -0.1) is 0 Å². The molecule has 1 saturated carbocycles. The lowest BCUT2D eigenvalue weighted by Crippen LogP contribution is -2.51. The van der Waals surface area contributed by atoms with E-state index in [4.69, 9.17) is 4.74 Å². The molecule has 1 amide bonds. The van der Waals surface area contributed by atoms with E-state index in [1.54, 1.807) is 30.3 Å². The molecule has 0 spiro atoms. The fourth-order valence-corrected chi connectivity index (χ4v) is 4.23. The van der Waals surface area contributed by atoms with Crippen molar-refractivity contribution in [2.45, 2.75) is 45.3 Å². The van der Waals surface area contributed by atoms with Crippen LogP contribution in [0.5, 0.6) is 5.75 Å². The minimum Gasteiger partial charge on any atom is -0.487 e. The van der Waals surface area contributed by atoms with E-state index in [1.165, 1.54) is 32.6 Å². The van der Waals surface area contributed by atoms with E-state index in [0.717, 1.165) is 31.9 Å². The Morgan fingerprint density at radius 2 is 1.90 bits per heavy atom. The first kappa shape index (κ1) is 19.6. The maximum atomic E-state index is 12.8. The molecule has 2 heterocycles. The van der Waals surface area contributed by atoms with Gasteiger partial charge in [0.05, 0.1) is 5.69 Å². The van der Waals surface area contributed by atoms with Gasteiger partial charge in [-0.05, 0) is 38.0 Å². The van der Waals surface area contributed by atoms with Crippen molar-refractivity contribution in [3.05, 3.63) is 47.3 Å². The molecule has 2 fully saturated rings. The average molecular weight is 396 g/mol. The number of amides is 1. The van der Waals surface area contributed by atoms with Crippen molar-refractivity contribution in [2.75, 3.05) is 26.2 Å². The summed E-state index contributed by atoms with van der Waals surface area (Å²) in [6.45, 7) is 5.20. The van der Waals surface area contributed by atoms with Crippen LogP contribution in [0.1, 0.15) is 59.1 Å². The molecule has 1 aromatic carbocycles. The third-order valence-corrected chi connectivity index (χ3v) is 5.93. The zero-order valence-corrected chi connectivity index (χ0v) is 16.9. The SMILES string of the molecule is CC(=O)c1cccc(OCc2cc(C(=O)N3CCN(C4CCCC4)CC3)n[nH]2)c1. The molecule has 29 heavy (non-hydrogen) atoms. The second-order valence-corrected chi connectivity index (χ2v) is 7.92. The predicted octanol–water partition coefficient (Wildman–Crippen LogP) is 2.89. The van der Waals surface area contributed by atoms with Gasteiger partial charge in [-0.25, -0.2) is 0 Å². The number of aromatic amines is 1. The van der Waals surface area contributed by atoms with Crippen LogP contribution < -0.4 is 4.74 Å². The normalized spacial score (nSPS) is 18.2. The number of ketones is 1. The highest BCUT2D eigenvalue weighted by molar-refractivity contribution is 5.94. The second kappa shape index (κ2) is 8.78. The Morgan fingerprint density at radius 1 is 1.14 bits per heavy atom. The third kappa shape index (κ3) is 4.67. The van der Waals surface area contributed by atoms with Gasteiger partial charge in [0.1, 0.15) is 12.4 Å². The lowest BCUT2D eigenvalue weighted by atomic mass is 10.1. The molecule has 0 bridgehead atoms. The second-order valence-electron chi connectivity index (χ2n) is 7.92. The first-order chi connectivity index (χ1) is 14.1. The van der Waals surface area contributed by atoms with Crippen molar-refractivity contribution in [3.63, 3.8) is 0 Å². The van der Waals surface area contributed by atoms with Gasteiger partial charge in [0, 0.05) is 37.8 Å². The number of aromatic nitrogens is 2. The highest BCUT2D eigenvalue weighted by Crippen LogP contribution is 2.24. The van der Waals surface area contributed by atoms with E-state index in [-0.39, 0.29) is 18.3 Å². The molecule has 0 atom stereocenters. The van der Waals surface area contributed by atoms with Gasteiger partial charge >= 0.3 is 0 Å². The van der Waals surface area contributed by atoms with Crippen LogP contribution in [0.2, 0.25) is 0 Å². The van der Waals surface area contributed by atoms with Crippen LogP contribution in [0.3, 0.4) is 0 Å². The van der Waals surface area contributed by atoms with Crippen LogP contribution in [0.15, 0.2) is 30.3 Å². The van der Waals surface area contributed by atoms with Crippen molar-refractivity contribution in [3.8, 4) is 5.75 Å². The fourth-order valence-electron chi connectivity index (χ4n) is 4.23. The molecule has 1 N–H and O–H groups in total. The molecule has 2 aromatic rings. The maximum Gasteiger partial charge on any atom is 0.274 e. The Hall–Kier alpha value is -2.67. The summed E-state index contributed by atoms with van der Waals surface area (Å²) in [6.07, 6.45) is 5.26. The molecule has 7 nitrogen and oxygen atoms in total. The van der Waals surface area contributed by atoms with E-state index < -0.39 is 0 Å². The fraction of sp³-hybridized carbons (Fsp3) is 0.500. The molecule has 154 valence electrons. The van der Waals surface area contributed by atoms with Gasteiger partial charge in [0.25, 0.3) is 5.91 Å². The lowest BCUT2D eigenvalue weighted by Gasteiger charge is -2.37. The average Bonchev–Trinajstić information content (AvgIpc) is 3.44. The molecule has 0 unspecified atom stereocenters. The van der Waals surface area contributed by atoms with Crippen molar-refractivity contribution >= 4 is 11.7 Å². The molecular weight excluding hydrogens is 368 g/mol. The van der Waals surface area contributed by atoms with E-state index in [2.05, 4.69) is 15.1 Å². The number of nitrogens with one attached hydrogen (secondary N) is 1. The number of hydrogen-bond donors (Lipinski definition) is 1. The first-order valence-corrected chi connectivity index (χ1v) is 10.4. The van der Waals surface area contributed by atoms with Gasteiger partial charge in [-0.1, -0.05) is 25.0 Å². The molecule has 1 aliphatic carbocycles. The Morgan fingerprint density at radius 3 is 2.62 bits per heavy atom. The van der Waals surface area contributed by atoms with Gasteiger partial charge < -0.3 is 9.64 Å². The largest absolute Gasteiger partial charge is 0.487 e. The number of benzene rings is 1. The standard InChI is InChI=1S/C22H28N4O3/c1-16(27)17-5-4-8-20(13-17)29-15-18-14-21(24-23-18)22(28)26-11-9-25(10-12-26)19-6-2-3-7-19/h4-5,8,13-14,19H,2-3,6-7,9-12,15H2,1H3,(H,23,24). The van der Waals surface area contributed by atoms with Crippen molar-refractivity contribution in [1.29, 1.82) is 0 Å². The van der Waals surface area contributed by atoms with Gasteiger partial charge in [0.15, 0.2) is 11.5 Å². The molecule has 4 rings (SSSR count). The summed E-state index contributed by atoms with van der Waals surface area (Å²) in [4.78, 5) is 28.7. The van der Waals surface area contributed by atoms with E-state index in [9.17, 15) is 9.59 Å². The topological polar surface area (TPSA) is 78.5 Å². The van der Waals surface area contributed by atoms with Gasteiger partial charge in [-0.3, -0.25) is 19.6 Å². The highest BCUT2D eigenvalue weighted by atomic mass is 16.5. The summed E-state index contributed by atoms with van der Waals surface area (Å²) in [5, 5.41) is 7.07. The third-order valence-electron chi connectivity index (χ3n) is 5.93. The lowest BCUT2D eigenvalue weighted by molar-refractivity contribution is 0.0568. The molecule has 1 aromatic heterocycles. The number of piperazine rings is 1. The van der Waals surface area contributed by atoms with Crippen LogP contribution in [0, 0.1) is 0 Å². The Labute approximate surface area is 171 Å². The first-order valence-electron chi connectivity index (χ1n) is 10.4.